The number of nitrogens with one attached hydrogen (secondary N) is 1. The number of carbonyl (C=O) groups excluding carboxylic acids is 2. The van der Waals surface area contributed by atoms with Crippen LogP contribution in [0.5, 0.6) is 0 Å². The van der Waals surface area contributed by atoms with Crippen LogP contribution in [0.4, 0.5) is 0 Å². The van der Waals surface area contributed by atoms with Gasteiger partial charge in [-0.05, 0) is 19.3 Å². The summed E-state index contributed by atoms with van der Waals surface area (Å²) in [5.41, 5.74) is -0.536. The predicted molar refractivity (Wildman–Crippen MR) is 98.4 cm³/mol. The molecule has 1 N–H and O–H groups in total. The highest BCUT2D eigenvalue weighted by Crippen LogP contribution is 2.34. The van der Waals surface area contributed by atoms with E-state index in [-0.39, 0.29) is 11.8 Å². The third kappa shape index (κ3) is 5.54. The standard InChI is InChI=1S/C19H32N4O3/c1-4-5-14-23(3)17(25)11-10-16-20-18(22-26-16)19(21-15(2)24)12-8-6-7-9-13-19/h4-14H2,1-3H3,(H,21,24). The second kappa shape index (κ2) is 9.69. The highest BCUT2D eigenvalue weighted by molar-refractivity contribution is 5.76. The van der Waals surface area contributed by atoms with Crippen molar-refractivity contribution in [2.45, 2.75) is 83.6 Å². The topological polar surface area (TPSA) is 88.3 Å². The van der Waals surface area contributed by atoms with Crippen molar-refractivity contribution in [3.63, 3.8) is 0 Å². The van der Waals surface area contributed by atoms with Crippen LogP contribution in [0.15, 0.2) is 4.52 Å². The van der Waals surface area contributed by atoms with E-state index >= 15 is 0 Å². The van der Waals surface area contributed by atoms with Gasteiger partial charge < -0.3 is 14.7 Å². The monoisotopic (exact) mass is 364 g/mol. The average molecular weight is 364 g/mol. The van der Waals surface area contributed by atoms with Crippen LogP contribution in [0.25, 0.3) is 0 Å². The third-order valence-corrected chi connectivity index (χ3v) is 5.09. The molecule has 0 aliphatic heterocycles. The van der Waals surface area contributed by atoms with Crippen LogP contribution >= 0.6 is 0 Å². The first-order chi connectivity index (χ1) is 12.5. The Morgan fingerprint density at radius 2 is 1.92 bits per heavy atom. The Kier molecular flexibility index (Phi) is 7.60. The Morgan fingerprint density at radius 1 is 1.23 bits per heavy atom. The molecule has 0 radical (unpaired) electrons. The zero-order valence-corrected chi connectivity index (χ0v) is 16.3. The maximum Gasteiger partial charge on any atom is 0.227 e. The lowest BCUT2D eigenvalue weighted by molar-refractivity contribution is -0.130. The second-order valence-electron chi connectivity index (χ2n) is 7.36. The van der Waals surface area contributed by atoms with E-state index in [4.69, 9.17) is 4.52 Å². The molecule has 1 aliphatic carbocycles. The van der Waals surface area contributed by atoms with Crippen molar-refractivity contribution in [1.82, 2.24) is 20.4 Å². The Bertz CT molecular complexity index is 591. The third-order valence-electron chi connectivity index (χ3n) is 5.09. The van der Waals surface area contributed by atoms with Gasteiger partial charge in [0.2, 0.25) is 17.7 Å². The van der Waals surface area contributed by atoms with Crippen molar-refractivity contribution >= 4 is 11.8 Å². The van der Waals surface area contributed by atoms with Gasteiger partial charge in [0.05, 0.1) is 0 Å². The Morgan fingerprint density at radius 3 is 2.54 bits per heavy atom. The van der Waals surface area contributed by atoms with E-state index in [1.54, 1.807) is 4.90 Å². The number of unbranched alkanes of at least 4 members (excludes halogenated alkanes) is 1. The first kappa shape index (κ1) is 20.4. The molecule has 26 heavy (non-hydrogen) atoms. The van der Waals surface area contributed by atoms with E-state index < -0.39 is 5.54 Å². The maximum atomic E-state index is 12.2. The molecule has 0 unspecified atom stereocenters. The molecule has 2 amide bonds. The summed E-state index contributed by atoms with van der Waals surface area (Å²) >= 11 is 0. The second-order valence-corrected chi connectivity index (χ2v) is 7.36. The van der Waals surface area contributed by atoms with Gasteiger partial charge in [0, 0.05) is 33.4 Å². The Labute approximate surface area is 155 Å². The number of nitrogens with zero attached hydrogens (tertiary/aromatic N) is 3. The molecular formula is C19H32N4O3. The Balaban J connectivity index is 2.01. The highest BCUT2D eigenvalue weighted by Gasteiger charge is 2.38. The molecule has 0 saturated heterocycles. The summed E-state index contributed by atoms with van der Waals surface area (Å²) < 4.78 is 5.39. The first-order valence-electron chi connectivity index (χ1n) is 9.82. The molecule has 1 fully saturated rings. The van der Waals surface area contributed by atoms with Crippen molar-refractivity contribution in [3.8, 4) is 0 Å². The van der Waals surface area contributed by atoms with Crippen molar-refractivity contribution in [2.75, 3.05) is 13.6 Å². The largest absolute Gasteiger partial charge is 0.346 e. The van der Waals surface area contributed by atoms with Crippen LogP contribution in [-0.2, 0) is 21.5 Å². The lowest BCUT2D eigenvalue weighted by Gasteiger charge is -2.30. The molecule has 1 aromatic heterocycles. The summed E-state index contributed by atoms with van der Waals surface area (Å²) in [7, 11) is 1.83. The Hall–Kier alpha value is -1.92. The molecule has 146 valence electrons. The fourth-order valence-electron chi connectivity index (χ4n) is 3.55. The van der Waals surface area contributed by atoms with E-state index in [9.17, 15) is 9.59 Å². The summed E-state index contributed by atoms with van der Waals surface area (Å²) in [6, 6.07) is 0. The highest BCUT2D eigenvalue weighted by atomic mass is 16.5. The summed E-state index contributed by atoms with van der Waals surface area (Å²) in [6.45, 7) is 4.41. The van der Waals surface area contributed by atoms with Crippen LogP contribution in [0.2, 0.25) is 0 Å². The lowest BCUT2D eigenvalue weighted by atomic mass is 9.89. The first-order valence-corrected chi connectivity index (χ1v) is 9.82. The van der Waals surface area contributed by atoms with Gasteiger partial charge in [0.25, 0.3) is 0 Å². The van der Waals surface area contributed by atoms with Crippen LogP contribution in [0.3, 0.4) is 0 Å². The molecule has 7 nitrogen and oxygen atoms in total. The van der Waals surface area contributed by atoms with Crippen molar-refractivity contribution < 1.29 is 14.1 Å². The van der Waals surface area contributed by atoms with Gasteiger partial charge >= 0.3 is 0 Å². The van der Waals surface area contributed by atoms with Gasteiger partial charge in [0.1, 0.15) is 5.54 Å². The van der Waals surface area contributed by atoms with Gasteiger partial charge in [-0.2, -0.15) is 4.98 Å². The molecule has 2 rings (SSSR count). The van der Waals surface area contributed by atoms with E-state index in [1.165, 1.54) is 6.92 Å². The normalized spacial score (nSPS) is 16.7. The van der Waals surface area contributed by atoms with Crippen LogP contribution in [-0.4, -0.2) is 40.4 Å². The van der Waals surface area contributed by atoms with Crippen LogP contribution in [0.1, 0.15) is 83.3 Å². The van der Waals surface area contributed by atoms with Crippen molar-refractivity contribution in [3.05, 3.63) is 11.7 Å². The van der Waals surface area contributed by atoms with E-state index in [2.05, 4.69) is 22.4 Å². The smallest absolute Gasteiger partial charge is 0.227 e. The maximum absolute atomic E-state index is 12.2. The van der Waals surface area contributed by atoms with Gasteiger partial charge in [-0.15, -0.1) is 0 Å². The summed E-state index contributed by atoms with van der Waals surface area (Å²) in [6.07, 6.45) is 8.88. The molecule has 1 aliphatic rings. The van der Waals surface area contributed by atoms with Gasteiger partial charge in [0.15, 0.2) is 5.82 Å². The minimum absolute atomic E-state index is 0.0778. The fourth-order valence-corrected chi connectivity index (χ4v) is 3.55. The number of carbonyl (C=O) groups is 2. The number of aromatic nitrogens is 2. The number of aryl methyl sites for hydroxylation is 1. The summed E-state index contributed by atoms with van der Waals surface area (Å²) in [5, 5.41) is 7.23. The summed E-state index contributed by atoms with van der Waals surface area (Å²) in [5.74, 6) is 1.03. The SMILES string of the molecule is CCCCN(C)C(=O)CCc1nc(C2(NC(C)=O)CCCCCC2)no1. The molecular weight excluding hydrogens is 332 g/mol. The van der Waals surface area contributed by atoms with E-state index in [0.29, 0.717) is 24.6 Å². The van der Waals surface area contributed by atoms with E-state index in [1.807, 2.05) is 7.05 Å². The molecule has 1 heterocycles. The molecule has 0 bridgehead atoms. The molecule has 0 aromatic carbocycles. The molecule has 0 atom stereocenters. The molecule has 1 aromatic rings. The van der Waals surface area contributed by atoms with Gasteiger partial charge in [-0.3, -0.25) is 9.59 Å². The van der Waals surface area contributed by atoms with Crippen molar-refractivity contribution in [2.24, 2.45) is 0 Å². The molecule has 0 spiro atoms. The van der Waals surface area contributed by atoms with E-state index in [0.717, 1.165) is 57.9 Å². The van der Waals surface area contributed by atoms with Crippen molar-refractivity contribution in [1.29, 1.82) is 0 Å². The lowest BCUT2D eigenvalue weighted by Crippen LogP contribution is -2.45. The predicted octanol–water partition coefficient (Wildman–Crippen LogP) is 2.95. The minimum Gasteiger partial charge on any atom is -0.346 e. The molecule has 7 heteroatoms. The molecule has 1 saturated carbocycles. The zero-order valence-electron chi connectivity index (χ0n) is 16.3. The van der Waals surface area contributed by atoms with Crippen LogP contribution < -0.4 is 5.32 Å². The van der Waals surface area contributed by atoms with Gasteiger partial charge in [-0.1, -0.05) is 44.2 Å². The fraction of sp³-hybridized carbons (Fsp3) is 0.789. The number of hydrogen-bond acceptors (Lipinski definition) is 5. The number of hydrogen-bond donors (Lipinski definition) is 1. The number of rotatable bonds is 8. The summed E-state index contributed by atoms with van der Waals surface area (Å²) in [4.78, 5) is 30.2. The quantitative estimate of drug-likeness (QED) is 0.717. The zero-order chi connectivity index (χ0) is 19.0. The number of amides is 2. The minimum atomic E-state index is -0.536. The van der Waals surface area contributed by atoms with Crippen LogP contribution in [0, 0.1) is 0 Å². The van der Waals surface area contributed by atoms with Gasteiger partial charge in [-0.25, -0.2) is 0 Å². The average Bonchev–Trinajstić information content (AvgIpc) is 2.97.